The van der Waals surface area contributed by atoms with Crippen LogP contribution in [0.1, 0.15) is 36.4 Å². The molecule has 0 radical (unpaired) electrons. The maximum absolute atomic E-state index is 11.2. The van der Waals surface area contributed by atoms with E-state index in [9.17, 15) is 13.7 Å². The van der Waals surface area contributed by atoms with Gasteiger partial charge in [0.25, 0.3) is 0 Å². The predicted molar refractivity (Wildman–Crippen MR) is 134 cm³/mol. The van der Waals surface area contributed by atoms with Gasteiger partial charge < -0.3 is 4.74 Å². The Bertz CT molecular complexity index is 1300. The van der Waals surface area contributed by atoms with Gasteiger partial charge in [0.2, 0.25) is 10.0 Å². The van der Waals surface area contributed by atoms with Crippen molar-refractivity contribution in [3.8, 4) is 22.9 Å². The Morgan fingerprint density at radius 3 is 2.29 bits per heavy atom. The maximum Gasteiger partial charge on any atom is 0.209 e. The van der Waals surface area contributed by atoms with Crippen molar-refractivity contribution < 1.29 is 13.2 Å². The Morgan fingerprint density at radius 1 is 1.09 bits per heavy atom. The molecular weight excluding hydrogens is 495 g/mol. The van der Waals surface area contributed by atoms with Gasteiger partial charge in [-0.2, -0.15) is 5.26 Å². The molecule has 2 aromatic carbocycles. The zero-order valence-electron chi connectivity index (χ0n) is 19.0. The maximum atomic E-state index is 11.2. The van der Waals surface area contributed by atoms with Crippen molar-refractivity contribution in [3.05, 3.63) is 76.3 Å². The molecule has 3 aromatic rings. The van der Waals surface area contributed by atoms with Crippen molar-refractivity contribution in [2.24, 2.45) is 0 Å². The van der Waals surface area contributed by atoms with E-state index < -0.39 is 15.4 Å². The van der Waals surface area contributed by atoms with Crippen LogP contribution in [0, 0.1) is 11.3 Å². The summed E-state index contributed by atoms with van der Waals surface area (Å²) in [4.78, 5) is 8.46. The molecule has 0 saturated heterocycles. The van der Waals surface area contributed by atoms with Gasteiger partial charge in [0.15, 0.2) is 5.75 Å². The van der Waals surface area contributed by atoms with Crippen molar-refractivity contribution in [3.63, 3.8) is 0 Å². The minimum absolute atomic E-state index is 0.0369. The van der Waals surface area contributed by atoms with E-state index in [1.807, 2.05) is 30.3 Å². The molecule has 0 fully saturated rings. The largest absolute Gasteiger partial charge is 0.489 e. The number of alkyl halides is 1. The average molecular weight is 519 g/mol. The molecule has 34 heavy (non-hydrogen) atoms. The zero-order chi connectivity index (χ0) is 24.9. The van der Waals surface area contributed by atoms with Crippen LogP contribution in [0.5, 0.6) is 5.75 Å². The van der Waals surface area contributed by atoms with Crippen molar-refractivity contribution in [2.45, 2.75) is 25.8 Å². The van der Waals surface area contributed by atoms with Crippen LogP contribution in [-0.4, -0.2) is 37.1 Å². The molecule has 0 aliphatic heterocycles. The lowest BCUT2D eigenvalue weighted by atomic mass is 9.77. The minimum atomic E-state index is -3.31. The number of ether oxygens (including phenoxy) is 1. The topological polar surface area (TPSA) is 105 Å². The van der Waals surface area contributed by atoms with E-state index in [1.165, 1.54) is 0 Å². The van der Waals surface area contributed by atoms with Crippen molar-refractivity contribution in [2.75, 3.05) is 18.7 Å². The highest BCUT2D eigenvalue weighted by Crippen LogP contribution is 2.38. The minimum Gasteiger partial charge on any atom is -0.489 e. The van der Waals surface area contributed by atoms with Crippen LogP contribution in [0.2, 0.25) is 5.02 Å². The lowest BCUT2D eigenvalue weighted by molar-refractivity contribution is 0.341. The normalized spacial score (nSPS) is 11.8. The van der Waals surface area contributed by atoms with Crippen LogP contribution >= 0.6 is 23.2 Å². The summed E-state index contributed by atoms with van der Waals surface area (Å²) in [5.41, 5.74) is 3.56. The van der Waals surface area contributed by atoms with E-state index in [0.717, 1.165) is 28.5 Å². The van der Waals surface area contributed by atoms with Gasteiger partial charge in [-0.05, 0) is 28.8 Å². The third-order valence-corrected chi connectivity index (χ3v) is 6.45. The van der Waals surface area contributed by atoms with Gasteiger partial charge in [-0.3, -0.25) is 0 Å². The number of benzene rings is 2. The number of hydrogen-bond donors (Lipinski definition) is 1. The monoisotopic (exact) mass is 518 g/mol. The summed E-state index contributed by atoms with van der Waals surface area (Å²) in [5, 5.41) is 9.96. The van der Waals surface area contributed by atoms with Crippen LogP contribution in [0.3, 0.4) is 0 Å². The Kier molecular flexibility index (Phi) is 8.16. The standard InChI is InChI=1S/C24H24Cl2N4O3S/c1-24(2,20-10-17(12-27)23(21(26)11-20)33-9-8-25)19-6-4-16(5-7-19)18-13-28-22(29-14-18)15-30-34(3,31)32/h4-7,10-11,13-14,30H,8-9,15H2,1-3H3. The molecule has 7 nitrogen and oxygen atoms in total. The van der Waals surface area contributed by atoms with E-state index >= 15 is 0 Å². The fourth-order valence-electron chi connectivity index (χ4n) is 3.36. The molecule has 0 unspecified atom stereocenters. The number of halogens is 2. The summed E-state index contributed by atoms with van der Waals surface area (Å²) < 4.78 is 30.4. The molecule has 0 amide bonds. The number of nitrogens with one attached hydrogen (secondary N) is 1. The Labute approximate surface area is 209 Å². The van der Waals surface area contributed by atoms with E-state index in [-0.39, 0.29) is 13.2 Å². The third kappa shape index (κ3) is 6.24. The lowest BCUT2D eigenvalue weighted by Crippen LogP contribution is -2.22. The van der Waals surface area contributed by atoms with Gasteiger partial charge in [0.05, 0.1) is 29.3 Å². The van der Waals surface area contributed by atoms with E-state index in [2.05, 4.69) is 34.6 Å². The second kappa shape index (κ2) is 10.7. The van der Waals surface area contributed by atoms with Gasteiger partial charge in [-0.15, -0.1) is 11.6 Å². The fraction of sp³-hybridized carbons (Fsp3) is 0.292. The quantitative estimate of drug-likeness (QED) is 0.413. The molecule has 1 N–H and O–H groups in total. The first kappa shape index (κ1) is 25.9. The van der Waals surface area contributed by atoms with Crippen LogP contribution < -0.4 is 9.46 Å². The summed E-state index contributed by atoms with van der Waals surface area (Å²) in [6.07, 6.45) is 4.40. The molecule has 0 atom stereocenters. The number of rotatable bonds is 9. The summed E-state index contributed by atoms with van der Waals surface area (Å²) in [5.74, 6) is 1.03. The second-order valence-electron chi connectivity index (χ2n) is 8.17. The number of nitriles is 1. The van der Waals surface area contributed by atoms with Crippen LogP contribution in [-0.2, 0) is 22.0 Å². The highest BCUT2D eigenvalue weighted by Gasteiger charge is 2.26. The zero-order valence-corrected chi connectivity index (χ0v) is 21.3. The molecule has 178 valence electrons. The SMILES string of the molecule is CC(C)(c1ccc(-c2cnc(CNS(C)(=O)=O)nc2)cc1)c1cc(Cl)c(OCCCl)c(C#N)c1. The lowest BCUT2D eigenvalue weighted by Gasteiger charge is -2.27. The third-order valence-electron chi connectivity index (χ3n) is 5.35. The molecule has 0 aliphatic carbocycles. The van der Waals surface area contributed by atoms with Crippen LogP contribution in [0.25, 0.3) is 11.1 Å². The highest BCUT2D eigenvalue weighted by atomic mass is 35.5. The molecule has 0 bridgehead atoms. The molecule has 0 saturated carbocycles. The molecule has 10 heteroatoms. The molecule has 0 spiro atoms. The van der Waals surface area contributed by atoms with Gasteiger partial charge in [0.1, 0.15) is 18.5 Å². The first-order valence-corrected chi connectivity index (χ1v) is 13.1. The first-order valence-electron chi connectivity index (χ1n) is 10.3. The van der Waals surface area contributed by atoms with E-state index in [4.69, 9.17) is 27.9 Å². The summed E-state index contributed by atoms with van der Waals surface area (Å²) in [6, 6.07) is 13.7. The van der Waals surface area contributed by atoms with E-state index in [0.29, 0.717) is 28.0 Å². The van der Waals surface area contributed by atoms with Crippen LogP contribution in [0.15, 0.2) is 48.8 Å². The number of aromatic nitrogens is 2. The second-order valence-corrected chi connectivity index (χ2v) is 10.8. The Balaban J connectivity index is 1.83. The number of sulfonamides is 1. The summed E-state index contributed by atoms with van der Waals surface area (Å²) in [7, 11) is -3.31. The van der Waals surface area contributed by atoms with Crippen molar-refractivity contribution in [1.29, 1.82) is 5.26 Å². The summed E-state index contributed by atoms with van der Waals surface area (Å²) >= 11 is 12.1. The van der Waals surface area contributed by atoms with Crippen molar-refractivity contribution >= 4 is 33.2 Å². The molecule has 3 rings (SSSR count). The Hall–Kier alpha value is -2.70. The molecule has 0 aliphatic rings. The van der Waals surface area contributed by atoms with Gasteiger partial charge >= 0.3 is 0 Å². The Morgan fingerprint density at radius 2 is 1.74 bits per heavy atom. The summed E-state index contributed by atoms with van der Waals surface area (Å²) in [6.45, 7) is 4.41. The first-order chi connectivity index (χ1) is 16.0. The molecule has 1 aromatic heterocycles. The number of hydrogen-bond acceptors (Lipinski definition) is 6. The average Bonchev–Trinajstić information content (AvgIpc) is 2.81. The molecular formula is C24H24Cl2N4O3S. The van der Waals surface area contributed by atoms with Gasteiger partial charge in [-0.25, -0.2) is 23.1 Å². The van der Waals surface area contributed by atoms with Gasteiger partial charge in [-0.1, -0.05) is 49.7 Å². The van der Waals surface area contributed by atoms with Crippen molar-refractivity contribution in [1.82, 2.24) is 14.7 Å². The van der Waals surface area contributed by atoms with Crippen LogP contribution in [0.4, 0.5) is 0 Å². The van der Waals surface area contributed by atoms with Gasteiger partial charge in [0, 0.05) is 23.4 Å². The fourth-order valence-corrected chi connectivity index (χ4v) is 4.10. The smallest absolute Gasteiger partial charge is 0.209 e. The molecule has 1 heterocycles. The predicted octanol–water partition coefficient (Wildman–Crippen LogP) is 4.66. The highest BCUT2D eigenvalue weighted by molar-refractivity contribution is 7.88. The van der Waals surface area contributed by atoms with E-state index in [1.54, 1.807) is 18.5 Å². The number of nitrogens with zero attached hydrogens (tertiary/aromatic N) is 3.